The molecule has 1 atom stereocenters. The summed E-state index contributed by atoms with van der Waals surface area (Å²) in [6.07, 6.45) is 0.728. The van der Waals surface area contributed by atoms with E-state index in [-0.39, 0.29) is 6.04 Å². The Balaban J connectivity index is 1.94. The van der Waals surface area contributed by atoms with E-state index >= 15 is 0 Å². The van der Waals surface area contributed by atoms with Crippen LogP contribution in [0.1, 0.15) is 11.1 Å². The van der Waals surface area contributed by atoms with E-state index in [0.29, 0.717) is 23.7 Å². The molecule has 0 aromatic heterocycles. The summed E-state index contributed by atoms with van der Waals surface area (Å²) in [7, 11) is 0. The molecule has 0 amide bonds. The Bertz CT molecular complexity index is 567. The monoisotopic (exact) mass is 310 g/mol. The van der Waals surface area contributed by atoms with Crippen molar-refractivity contribution in [2.75, 3.05) is 6.54 Å². The number of rotatable bonds is 6. The van der Waals surface area contributed by atoms with Gasteiger partial charge in [0, 0.05) is 30.2 Å². The maximum absolute atomic E-state index is 13.1. The molecule has 3 N–H and O–H groups in total. The van der Waals surface area contributed by atoms with Gasteiger partial charge in [-0.3, -0.25) is 0 Å². The van der Waals surface area contributed by atoms with E-state index in [1.165, 1.54) is 12.1 Å². The van der Waals surface area contributed by atoms with E-state index in [1.807, 2.05) is 24.3 Å². The van der Waals surface area contributed by atoms with Crippen molar-refractivity contribution in [1.82, 2.24) is 5.32 Å². The number of hydrogen-bond donors (Lipinski definition) is 2. The average molecular weight is 311 g/mol. The van der Waals surface area contributed by atoms with Gasteiger partial charge in [0.25, 0.3) is 0 Å². The highest BCUT2D eigenvalue weighted by Crippen LogP contribution is 2.12. The van der Waals surface area contributed by atoms with E-state index in [4.69, 9.17) is 17.3 Å². The molecule has 0 heterocycles. The molecule has 0 aliphatic rings. The van der Waals surface area contributed by atoms with Crippen LogP contribution in [0.15, 0.2) is 42.5 Å². The molecule has 2 aromatic rings. The maximum atomic E-state index is 13.1. The fourth-order valence-electron chi connectivity index (χ4n) is 2.12. The fraction of sp³-hybridized carbons (Fsp3) is 0.250. The lowest BCUT2D eigenvalue weighted by atomic mass is 10.1. The van der Waals surface area contributed by atoms with Crippen molar-refractivity contribution in [3.05, 3.63) is 70.2 Å². The van der Waals surface area contributed by atoms with Gasteiger partial charge >= 0.3 is 0 Å². The van der Waals surface area contributed by atoms with E-state index in [2.05, 4.69) is 5.32 Å². The van der Waals surface area contributed by atoms with Gasteiger partial charge in [-0.1, -0.05) is 23.7 Å². The van der Waals surface area contributed by atoms with Gasteiger partial charge in [-0.15, -0.1) is 0 Å². The fourth-order valence-corrected chi connectivity index (χ4v) is 2.25. The molecule has 2 rings (SSSR count). The van der Waals surface area contributed by atoms with Crippen LogP contribution in [0.2, 0.25) is 5.02 Å². The van der Waals surface area contributed by atoms with E-state index in [9.17, 15) is 8.78 Å². The Labute approximate surface area is 127 Å². The first kappa shape index (κ1) is 15.9. The molecule has 0 saturated heterocycles. The molecule has 2 aromatic carbocycles. The largest absolute Gasteiger partial charge is 0.329 e. The van der Waals surface area contributed by atoms with Gasteiger partial charge in [0.15, 0.2) is 0 Å². The normalized spacial score (nSPS) is 12.4. The summed E-state index contributed by atoms with van der Waals surface area (Å²) >= 11 is 5.84. The highest BCUT2D eigenvalue weighted by atomic mass is 35.5. The molecule has 21 heavy (non-hydrogen) atoms. The molecule has 0 radical (unpaired) electrons. The Morgan fingerprint density at radius 3 is 2.19 bits per heavy atom. The van der Waals surface area contributed by atoms with Gasteiger partial charge in [0.1, 0.15) is 11.6 Å². The highest BCUT2D eigenvalue weighted by Gasteiger charge is 2.08. The second-order valence-corrected chi connectivity index (χ2v) is 5.36. The zero-order valence-electron chi connectivity index (χ0n) is 11.5. The molecular formula is C16H17ClF2N2. The number of nitrogens with two attached hydrogens (primary N) is 1. The zero-order valence-corrected chi connectivity index (χ0v) is 12.2. The van der Waals surface area contributed by atoms with E-state index in [0.717, 1.165) is 18.1 Å². The topological polar surface area (TPSA) is 38.0 Å². The summed E-state index contributed by atoms with van der Waals surface area (Å²) < 4.78 is 26.2. The van der Waals surface area contributed by atoms with Crippen LogP contribution >= 0.6 is 11.6 Å². The zero-order chi connectivity index (χ0) is 15.2. The molecule has 1 unspecified atom stereocenters. The second kappa shape index (κ2) is 7.50. The lowest BCUT2D eigenvalue weighted by Gasteiger charge is -2.17. The van der Waals surface area contributed by atoms with Crippen LogP contribution in [0.4, 0.5) is 8.78 Å². The SMILES string of the molecule is NCC(Cc1ccc(Cl)cc1)NCc1cc(F)cc(F)c1. The molecule has 0 saturated carbocycles. The van der Waals surface area contributed by atoms with Crippen molar-refractivity contribution in [3.8, 4) is 0 Å². The third-order valence-electron chi connectivity index (χ3n) is 3.20. The van der Waals surface area contributed by atoms with Crippen LogP contribution in [-0.2, 0) is 13.0 Å². The van der Waals surface area contributed by atoms with Gasteiger partial charge in [-0.2, -0.15) is 0 Å². The van der Waals surface area contributed by atoms with Gasteiger partial charge in [0.05, 0.1) is 0 Å². The third-order valence-corrected chi connectivity index (χ3v) is 3.45. The summed E-state index contributed by atoms with van der Waals surface area (Å²) in [5, 5.41) is 3.90. The maximum Gasteiger partial charge on any atom is 0.126 e. The van der Waals surface area contributed by atoms with Crippen LogP contribution in [0.25, 0.3) is 0 Å². The number of benzene rings is 2. The highest BCUT2D eigenvalue weighted by molar-refractivity contribution is 6.30. The molecule has 0 fully saturated rings. The minimum atomic E-state index is -0.575. The summed E-state index contributed by atoms with van der Waals surface area (Å²) in [5.74, 6) is -1.15. The number of nitrogens with one attached hydrogen (secondary N) is 1. The van der Waals surface area contributed by atoms with Gasteiger partial charge in [-0.05, 0) is 41.8 Å². The average Bonchev–Trinajstić information content (AvgIpc) is 2.44. The van der Waals surface area contributed by atoms with Crippen molar-refractivity contribution >= 4 is 11.6 Å². The summed E-state index contributed by atoms with van der Waals surface area (Å²) in [5.41, 5.74) is 7.40. The molecule has 0 spiro atoms. The summed E-state index contributed by atoms with van der Waals surface area (Å²) in [6.45, 7) is 0.796. The predicted octanol–water partition coefficient (Wildman–Crippen LogP) is 3.28. The van der Waals surface area contributed by atoms with Crippen LogP contribution in [-0.4, -0.2) is 12.6 Å². The Morgan fingerprint density at radius 2 is 1.62 bits per heavy atom. The minimum Gasteiger partial charge on any atom is -0.329 e. The standard InChI is InChI=1S/C16H17ClF2N2/c17-13-3-1-11(2-4-13)7-16(9-20)21-10-12-5-14(18)8-15(19)6-12/h1-6,8,16,21H,7,9-10,20H2. The number of halogens is 3. The van der Waals surface area contributed by atoms with Crippen LogP contribution in [0.5, 0.6) is 0 Å². The molecule has 0 aliphatic heterocycles. The first-order valence-electron chi connectivity index (χ1n) is 6.69. The molecule has 5 heteroatoms. The Hall–Kier alpha value is -1.49. The van der Waals surface area contributed by atoms with Crippen molar-refractivity contribution < 1.29 is 8.78 Å². The molecule has 112 valence electrons. The molecular weight excluding hydrogens is 294 g/mol. The first-order chi connectivity index (χ1) is 10.1. The molecule has 2 nitrogen and oxygen atoms in total. The Kier molecular flexibility index (Phi) is 5.67. The second-order valence-electron chi connectivity index (χ2n) is 4.92. The van der Waals surface area contributed by atoms with Crippen molar-refractivity contribution in [2.45, 2.75) is 19.0 Å². The third kappa shape index (κ3) is 5.08. The van der Waals surface area contributed by atoms with Gasteiger partial charge < -0.3 is 11.1 Å². The smallest absolute Gasteiger partial charge is 0.126 e. The molecule has 0 bridgehead atoms. The van der Waals surface area contributed by atoms with Crippen molar-refractivity contribution in [3.63, 3.8) is 0 Å². The lowest BCUT2D eigenvalue weighted by molar-refractivity contribution is 0.510. The van der Waals surface area contributed by atoms with Crippen LogP contribution < -0.4 is 11.1 Å². The summed E-state index contributed by atoms with van der Waals surface area (Å²) in [6, 6.07) is 11.0. The van der Waals surface area contributed by atoms with E-state index < -0.39 is 11.6 Å². The van der Waals surface area contributed by atoms with Crippen molar-refractivity contribution in [2.24, 2.45) is 5.73 Å². The first-order valence-corrected chi connectivity index (χ1v) is 7.07. The van der Waals surface area contributed by atoms with Gasteiger partial charge in [-0.25, -0.2) is 8.78 Å². The molecule has 0 aliphatic carbocycles. The summed E-state index contributed by atoms with van der Waals surface area (Å²) in [4.78, 5) is 0. The Morgan fingerprint density at radius 1 is 1.00 bits per heavy atom. The van der Waals surface area contributed by atoms with Crippen LogP contribution in [0, 0.1) is 11.6 Å². The quantitative estimate of drug-likeness (QED) is 0.859. The lowest BCUT2D eigenvalue weighted by Crippen LogP contribution is -2.37. The van der Waals surface area contributed by atoms with E-state index in [1.54, 1.807) is 0 Å². The van der Waals surface area contributed by atoms with Crippen LogP contribution in [0.3, 0.4) is 0 Å². The minimum absolute atomic E-state index is 0.0255. The number of hydrogen-bond acceptors (Lipinski definition) is 2. The van der Waals surface area contributed by atoms with Crippen molar-refractivity contribution in [1.29, 1.82) is 0 Å². The van der Waals surface area contributed by atoms with Gasteiger partial charge in [0.2, 0.25) is 0 Å². The predicted molar refractivity (Wildman–Crippen MR) is 81.2 cm³/mol.